The first-order chi connectivity index (χ1) is 12.6. The smallest absolute Gasteiger partial charge is 0.308 e. The minimum Gasteiger partial charge on any atom is -0.455 e. The van der Waals surface area contributed by atoms with Crippen LogP contribution >= 0.6 is 11.3 Å². The number of esters is 1. The summed E-state index contributed by atoms with van der Waals surface area (Å²) in [5, 5.41) is 8.46. The van der Waals surface area contributed by atoms with Crippen molar-refractivity contribution in [1.82, 2.24) is 20.4 Å². The minimum absolute atomic E-state index is 0.0176. The number of nitrogens with zero attached hydrogens (tertiary/aromatic N) is 3. The van der Waals surface area contributed by atoms with Gasteiger partial charge in [0.15, 0.2) is 6.61 Å². The van der Waals surface area contributed by atoms with Crippen molar-refractivity contribution in [3.8, 4) is 11.4 Å². The second-order valence-electron chi connectivity index (χ2n) is 5.39. The van der Waals surface area contributed by atoms with E-state index < -0.39 is 12.0 Å². The summed E-state index contributed by atoms with van der Waals surface area (Å²) in [5.74, 6) is -0.129. The van der Waals surface area contributed by atoms with Gasteiger partial charge in [0, 0.05) is 29.8 Å². The van der Waals surface area contributed by atoms with Crippen molar-refractivity contribution < 1.29 is 18.8 Å². The monoisotopic (exact) mass is 372 g/mol. The van der Waals surface area contributed by atoms with Crippen LogP contribution in [-0.4, -0.2) is 27.0 Å². The lowest BCUT2D eigenvalue weighted by atomic mass is 10.1. The maximum absolute atomic E-state index is 12.1. The molecule has 3 aromatic heterocycles. The van der Waals surface area contributed by atoms with Gasteiger partial charge >= 0.3 is 5.97 Å². The molecule has 0 aliphatic heterocycles. The minimum atomic E-state index is -0.474. The number of thiophene rings is 1. The summed E-state index contributed by atoms with van der Waals surface area (Å²) in [6.07, 6.45) is 3.27. The fourth-order valence-electron chi connectivity index (χ4n) is 2.25. The maximum atomic E-state index is 12.1. The van der Waals surface area contributed by atoms with Crippen LogP contribution in [0.1, 0.15) is 30.2 Å². The molecular formula is C17H16N4O4S. The number of rotatable bonds is 7. The Morgan fingerprint density at radius 2 is 2.23 bits per heavy atom. The van der Waals surface area contributed by atoms with Gasteiger partial charge in [-0.2, -0.15) is 4.98 Å². The van der Waals surface area contributed by atoms with E-state index in [-0.39, 0.29) is 24.8 Å². The second-order valence-corrected chi connectivity index (χ2v) is 6.37. The summed E-state index contributed by atoms with van der Waals surface area (Å²) >= 11 is 1.46. The zero-order valence-corrected chi connectivity index (χ0v) is 14.7. The zero-order chi connectivity index (χ0) is 18.4. The van der Waals surface area contributed by atoms with Crippen molar-refractivity contribution >= 4 is 23.2 Å². The normalized spacial score (nSPS) is 11.7. The van der Waals surface area contributed by atoms with Crippen LogP contribution in [-0.2, 0) is 20.9 Å². The third kappa shape index (κ3) is 4.73. The molecule has 0 radical (unpaired) electrons. The molecule has 3 rings (SSSR count). The van der Waals surface area contributed by atoms with Crippen molar-refractivity contribution in [2.75, 3.05) is 0 Å². The molecule has 0 fully saturated rings. The summed E-state index contributed by atoms with van der Waals surface area (Å²) in [6.45, 7) is 1.27. The van der Waals surface area contributed by atoms with Gasteiger partial charge in [-0.25, -0.2) is 0 Å². The van der Waals surface area contributed by atoms with Crippen LogP contribution in [0.25, 0.3) is 11.4 Å². The molecule has 0 aromatic carbocycles. The van der Waals surface area contributed by atoms with Gasteiger partial charge in [0.2, 0.25) is 11.7 Å². The molecule has 8 nitrogen and oxygen atoms in total. The van der Waals surface area contributed by atoms with E-state index in [4.69, 9.17) is 9.26 Å². The Bertz CT molecular complexity index is 864. The molecule has 1 amide bonds. The van der Waals surface area contributed by atoms with Gasteiger partial charge in [-0.15, -0.1) is 11.3 Å². The van der Waals surface area contributed by atoms with E-state index in [0.717, 1.165) is 4.88 Å². The van der Waals surface area contributed by atoms with E-state index in [1.165, 1.54) is 18.3 Å². The van der Waals surface area contributed by atoms with E-state index >= 15 is 0 Å². The van der Waals surface area contributed by atoms with E-state index in [2.05, 4.69) is 20.4 Å². The number of hydrogen-bond donors (Lipinski definition) is 1. The van der Waals surface area contributed by atoms with Gasteiger partial charge in [-0.05, 0) is 23.6 Å². The molecule has 0 aliphatic carbocycles. The molecule has 0 saturated carbocycles. The Balaban J connectivity index is 1.56. The first-order valence-electron chi connectivity index (χ1n) is 7.81. The number of amides is 1. The molecule has 9 heteroatoms. The number of carbonyl (C=O) groups excluding carboxylic acids is 2. The standard InChI is InChI=1S/C17H16N4O4S/c1-11(22)19-13(14-5-3-7-26-14)8-16(23)24-10-15-20-17(21-25-15)12-4-2-6-18-9-12/h2-7,9,13H,8,10H2,1H3,(H,19,22). The highest BCUT2D eigenvalue weighted by Gasteiger charge is 2.20. The average Bonchev–Trinajstić information content (AvgIpc) is 3.32. The molecule has 0 aliphatic rings. The average molecular weight is 372 g/mol. The molecule has 3 heterocycles. The van der Waals surface area contributed by atoms with Crippen LogP contribution in [0, 0.1) is 0 Å². The van der Waals surface area contributed by atoms with Crippen LogP contribution < -0.4 is 5.32 Å². The van der Waals surface area contributed by atoms with Gasteiger partial charge in [0.05, 0.1) is 12.5 Å². The fourth-order valence-corrected chi connectivity index (χ4v) is 3.03. The largest absolute Gasteiger partial charge is 0.455 e. The van der Waals surface area contributed by atoms with E-state index in [9.17, 15) is 9.59 Å². The number of carbonyl (C=O) groups is 2. The van der Waals surface area contributed by atoms with Crippen molar-refractivity contribution in [1.29, 1.82) is 0 Å². The molecule has 134 valence electrons. The quantitative estimate of drug-likeness (QED) is 0.635. The molecular weight excluding hydrogens is 356 g/mol. The Hall–Kier alpha value is -3.07. The van der Waals surface area contributed by atoms with E-state index in [0.29, 0.717) is 11.4 Å². The first kappa shape index (κ1) is 17.7. The van der Waals surface area contributed by atoms with Gasteiger partial charge in [0.25, 0.3) is 5.89 Å². The van der Waals surface area contributed by atoms with Crippen molar-refractivity contribution in [3.63, 3.8) is 0 Å². The van der Waals surface area contributed by atoms with Gasteiger partial charge in [0.1, 0.15) is 0 Å². The van der Waals surface area contributed by atoms with E-state index in [1.807, 2.05) is 17.5 Å². The highest BCUT2D eigenvalue weighted by atomic mass is 32.1. The number of aromatic nitrogens is 3. The van der Waals surface area contributed by atoms with Crippen LogP contribution in [0.4, 0.5) is 0 Å². The second kappa shape index (κ2) is 8.34. The lowest BCUT2D eigenvalue weighted by Gasteiger charge is -2.15. The van der Waals surface area contributed by atoms with Crippen molar-refractivity contribution in [2.24, 2.45) is 0 Å². The summed E-state index contributed by atoms with van der Waals surface area (Å²) in [5.41, 5.74) is 0.706. The lowest BCUT2D eigenvalue weighted by Crippen LogP contribution is -2.28. The number of ether oxygens (including phenoxy) is 1. The van der Waals surface area contributed by atoms with Gasteiger partial charge in [-0.3, -0.25) is 14.6 Å². The summed E-state index contributed by atoms with van der Waals surface area (Å²) in [4.78, 5) is 32.5. The summed E-state index contributed by atoms with van der Waals surface area (Å²) < 4.78 is 10.3. The van der Waals surface area contributed by atoms with Crippen molar-refractivity contribution in [3.05, 3.63) is 52.8 Å². The zero-order valence-electron chi connectivity index (χ0n) is 13.9. The van der Waals surface area contributed by atoms with Crippen LogP contribution in [0.3, 0.4) is 0 Å². The molecule has 0 saturated heterocycles. The highest BCUT2D eigenvalue weighted by molar-refractivity contribution is 7.10. The van der Waals surface area contributed by atoms with Crippen LogP contribution in [0.15, 0.2) is 46.6 Å². The molecule has 1 N–H and O–H groups in total. The SMILES string of the molecule is CC(=O)NC(CC(=O)OCc1nc(-c2cccnc2)no1)c1cccs1. The van der Waals surface area contributed by atoms with E-state index in [1.54, 1.807) is 24.5 Å². The molecule has 1 unspecified atom stereocenters. The molecule has 1 atom stereocenters. The Labute approximate surface area is 153 Å². The lowest BCUT2D eigenvalue weighted by molar-refractivity contribution is -0.146. The predicted octanol–water partition coefficient (Wildman–Crippen LogP) is 2.50. The van der Waals surface area contributed by atoms with Crippen LogP contribution in [0.2, 0.25) is 0 Å². The molecule has 0 spiro atoms. The fraction of sp³-hybridized carbons (Fsp3) is 0.235. The topological polar surface area (TPSA) is 107 Å². The molecule has 0 bridgehead atoms. The molecule has 3 aromatic rings. The summed E-state index contributed by atoms with van der Waals surface area (Å²) in [7, 11) is 0. The Morgan fingerprint density at radius 1 is 1.35 bits per heavy atom. The Morgan fingerprint density at radius 3 is 2.92 bits per heavy atom. The number of hydrogen-bond acceptors (Lipinski definition) is 8. The van der Waals surface area contributed by atoms with Gasteiger partial charge in [-0.1, -0.05) is 11.2 Å². The third-order valence-corrected chi connectivity index (χ3v) is 4.37. The Kier molecular flexibility index (Phi) is 5.69. The number of nitrogens with one attached hydrogen (secondary N) is 1. The number of pyridine rings is 1. The predicted molar refractivity (Wildman–Crippen MR) is 92.8 cm³/mol. The molecule has 26 heavy (non-hydrogen) atoms. The maximum Gasteiger partial charge on any atom is 0.308 e. The van der Waals surface area contributed by atoms with Crippen molar-refractivity contribution in [2.45, 2.75) is 26.0 Å². The third-order valence-electron chi connectivity index (χ3n) is 3.38. The summed E-state index contributed by atoms with van der Waals surface area (Å²) in [6, 6.07) is 6.86. The van der Waals surface area contributed by atoms with Gasteiger partial charge < -0.3 is 14.6 Å². The van der Waals surface area contributed by atoms with Crippen LogP contribution in [0.5, 0.6) is 0 Å². The first-order valence-corrected chi connectivity index (χ1v) is 8.69. The highest BCUT2D eigenvalue weighted by Crippen LogP contribution is 2.22.